The van der Waals surface area contributed by atoms with Gasteiger partial charge in [-0.2, -0.15) is 0 Å². The van der Waals surface area contributed by atoms with Gasteiger partial charge in [0, 0.05) is 0 Å². The van der Waals surface area contributed by atoms with Crippen LogP contribution in [0, 0.1) is 6.92 Å². The van der Waals surface area contributed by atoms with Crippen molar-refractivity contribution in [3.8, 4) is 11.5 Å². The van der Waals surface area contributed by atoms with Crippen LogP contribution in [0.3, 0.4) is 0 Å². The molecule has 0 aromatic heterocycles. The molecular formula is C9H10O3. The van der Waals surface area contributed by atoms with Crippen molar-refractivity contribution in [2.45, 2.75) is 6.92 Å². The van der Waals surface area contributed by atoms with Crippen LogP contribution in [0.5, 0.6) is 11.5 Å². The Morgan fingerprint density at radius 2 is 2.17 bits per heavy atom. The van der Waals surface area contributed by atoms with E-state index in [9.17, 15) is 4.79 Å². The molecule has 0 radical (unpaired) electrons. The molecule has 3 heteroatoms. The van der Waals surface area contributed by atoms with E-state index in [-0.39, 0.29) is 0 Å². The highest BCUT2D eigenvalue weighted by Crippen LogP contribution is 2.22. The van der Waals surface area contributed by atoms with Crippen LogP contribution >= 0.6 is 0 Å². The zero-order valence-electron chi connectivity index (χ0n) is 7.03. The second kappa shape index (κ2) is 3.76. The molecule has 0 N–H and O–H groups in total. The fraction of sp³-hybridized carbons (Fsp3) is 0.222. The average Bonchev–Trinajstić information content (AvgIpc) is 2.09. The number of benzene rings is 1. The molecule has 0 fully saturated rings. The predicted octanol–water partition coefficient (Wildman–Crippen LogP) is 1.54. The molecule has 64 valence electrons. The molecule has 0 bridgehead atoms. The molecule has 0 heterocycles. The molecule has 0 aliphatic heterocycles. The second-order valence-corrected chi connectivity index (χ2v) is 2.35. The molecule has 12 heavy (non-hydrogen) atoms. The Labute approximate surface area is 70.9 Å². The molecule has 0 saturated heterocycles. The lowest BCUT2D eigenvalue weighted by Crippen LogP contribution is -1.92. The van der Waals surface area contributed by atoms with Gasteiger partial charge in [-0.3, -0.25) is 4.79 Å². The van der Waals surface area contributed by atoms with Gasteiger partial charge >= 0.3 is 0 Å². The van der Waals surface area contributed by atoms with E-state index in [0.717, 1.165) is 11.3 Å². The van der Waals surface area contributed by atoms with Gasteiger partial charge in [-0.15, -0.1) is 0 Å². The van der Waals surface area contributed by atoms with E-state index >= 15 is 0 Å². The summed E-state index contributed by atoms with van der Waals surface area (Å²) in [5.41, 5.74) is 0.876. The number of ether oxygens (including phenoxy) is 2. The number of carbonyl (C=O) groups excluding carboxylic acids is 1. The maximum atomic E-state index is 10.0. The van der Waals surface area contributed by atoms with Crippen LogP contribution < -0.4 is 9.47 Å². The monoisotopic (exact) mass is 166 g/mol. The molecule has 0 atom stereocenters. The molecule has 1 aromatic rings. The van der Waals surface area contributed by atoms with Crippen LogP contribution in [0.4, 0.5) is 0 Å². The molecule has 0 saturated carbocycles. The van der Waals surface area contributed by atoms with E-state index in [1.54, 1.807) is 25.3 Å². The molecule has 1 rings (SSSR count). The number of carbonyl (C=O) groups is 1. The van der Waals surface area contributed by atoms with Crippen molar-refractivity contribution in [2.24, 2.45) is 0 Å². The Balaban J connectivity index is 2.94. The average molecular weight is 166 g/mol. The summed E-state index contributed by atoms with van der Waals surface area (Å²) in [6.45, 7) is 2.26. The van der Waals surface area contributed by atoms with Crippen molar-refractivity contribution in [1.82, 2.24) is 0 Å². The van der Waals surface area contributed by atoms with Gasteiger partial charge < -0.3 is 9.47 Å². The highest BCUT2D eigenvalue weighted by Gasteiger charge is 1.99. The molecule has 3 nitrogen and oxygen atoms in total. The van der Waals surface area contributed by atoms with E-state index in [1.807, 2.05) is 6.92 Å². The minimum atomic E-state index is 0.412. The largest absolute Gasteiger partial charge is 0.497 e. The Kier molecular flexibility index (Phi) is 2.69. The van der Waals surface area contributed by atoms with Crippen molar-refractivity contribution in [1.29, 1.82) is 0 Å². The van der Waals surface area contributed by atoms with E-state index in [4.69, 9.17) is 9.47 Å². The van der Waals surface area contributed by atoms with Crippen molar-refractivity contribution < 1.29 is 14.3 Å². The normalized spacial score (nSPS) is 9.17. The number of aryl methyl sites for hydroxylation is 1. The maximum absolute atomic E-state index is 10.0. The third-order valence-electron chi connectivity index (χ3n) is 1.56. The van der Waals surface area contributed by atoms with Gasteiger partial charge in [0.05, 0.1) is 7.11 Å². The van der Waals surface area contributed by atoms with E-state index in [2.05, 4.69) is 0 Å². The molecule has 0 spiro atoms. The fourth-order valence-corrected chi connectivity index (χ4v) is 0.933. The zero-order valence-corrected chi connectivity index (χ0v) is 7.03. The van der Waals surface area contributed by atoms with Crippen LogP contribution in [0.2, 0.25) is 0 Å². The summed E-state index contributed by atoms with van der Waals surface area (Å²) in [6.07, 6.45) is 0. The van der Waals surface area contributed by atoms with Crippen LogP contribution in [0.25, 0.3) is 0 Å². The first kappa shape index (κ1) is 8.59. The Bertz CT molecular complexity index is 281. The molecule has 1 aromatic carbocycles. The summed E-state index contributed by atoms with van der Waals surface area (Å²) in [5.74, 6) is 1.32. The molecule has 0 aliphatic rings. The third-order valence-corrected chi connectivity index (χ3v) is 1.56. The van der Waals surface area contributed by atoms with Gasteiger partial charge in [0.25, 0.3) is 6.47 Å². The first-order valence-corrected chi connectivity index (χ1v) is 3.53. The Morgan fingerprint density at radius 1 is 1.42 bits per heavy atom. The molecule has 0 aliphatic carbocycles. The van der Waals surface area contributed by atoms with Gasteiger partial charge in [0.15, 0.2) is 0 Å². The van der Waals surface area contributed by atoms with Gasteiger partial charge in [-0.1, -0.05) is 0 Å². The summed E-state index contributed by atoms with van der Waals surface area (Å²) in [7, 11) is 1.59. The van der Waals surface area contributed by atoms with Crippen LogP contribution in [0.1, 0.15) is 5.56 Å². The van der Waals surface area contributed by atoms with Crippen molar-refractivity contribution in [2.75, 3.05) is 7.11 Å². The summed E-state index contributed by atoms with van der Waals surface area (Å²) >= 11 is 0. The van der Waals surface area contributed by atoms with Crippen molar-refractivity contribution in [3.63, 3.8) is 0 Å². The summed E-state index contributed by atoms with van der Waals surface area (Å²) in [5, 5.41) is 0. The lowest BCUT2D eigenvalue weighted by molar-refractivity contribution is -0.120. The van der Waals surface area contributed by atoms with Gasteiger partial charge in [-0.25, -0.2) is 0 Å². The highest BCUT2D eigenvalue weighted by atomic mass is 16.5. The van der Waals surface area contributed by atoms with E-state index in [1.165, 1.54) is 0 Å². The fourth-order valence-electron chi connectivity index (χ4n) is 0.933. The van der Waals surface area contributed by atoms with E-state index < -0.39 is 0 Å². The molecule has 0 amide bonds. The lowest BCUT2D eigenvalue weighted by atomic mass is 10.2. The Morgan fingerprint density at radius 3 is 2.67 bits per heavy atom. The SMILES string of the molecule is COc1ccc(OC=O)c(C)c1. The zero-order chi connectivity index (χ0) is 8.97. The Hall–Kier alpha value is -1.51. The first-order chi connectivity index (χ1) is 5.77. The second-order valence-electron chi connectivity index (χ2n) is 2.35. The minimum absolute atomic E-state index is 0.412. The quantitative estimate of drug-likeness (QED) is 0.639. The first-order valence-electron chi connectivity index (χ1n) is 3.53. The third kappa shape index (κ3) is 1.75. The van der Waals surface area contributed by atoms with Gasteiger partial charge in [0.1, 0.15) is 11.5 Å². The lowest BCUT2D eigenvalue weighted by Gasteiger charge is -2.04. The van der Waals surface area contributed by atoms with Gasteiger partial charge in [0.2, 0.25) is 0 Å². The minimum Gasteiger partial charge on any atom is -0.497 e. The van der Waals surface area contributed by atoms with Crippen molar-refractivity contribution >= 4 is 6.47 Å². The summed E-state index contributed by atoms with van der Waals surface area (Å²) in [6, 6.07) is 5.24. The van der Waals surface area contributed by atoms with Gasteiger partial charge in [-0.05, 0) is 30.7 Å². The highest BCUT2D eigenvalue weighted by molar-refractivity contribution is 5.49. The van der Waals surface area contributed by atoms with Crippen LogP contribution in [-0.4, -0.2) is 13.6 Å². The van der Waals surface area contributed by atoms with Crippen LogP contribution in [-0.2, 0) is 4.79 Å². The maximum Gasteiger partial charge on any atom is 0.298 e. The summed E-state index contributed by atoms with van der Waals surface area (Å²) < 4.78 is 9.68. The van der Waals surface area contributed by atoms with Crippen molar-refractivity contribution in [3.05, 3.63) is 23.8 Å². The number of hydrogen-bond donors (Lipinski definition) is 0. The van der Waals surface area contributed by atoms with E-state index in [0.29, 0.717) is 12.2 Å². The molecular weight excluding hydrogens is 156 g/mol. The summed E-state index contributed by atoms with van der Waals surface area (Å²) in [4.78, 5) is 10.0. The topological polar surface area (TPSA) is 35.5 Å². The number of methoxy groups -OCH3 is 1. The predicted molar refractivity (Wildman–Crippen MR) is 44.4 cm³/mol. The smallest absolute Gasteiger partial charge is 0.298 e. The number of rotatable bonds is 3. The van der Waals surface area contributed by atoms with Crippen LogP contribution in [0.15, 0.2) is 18.2 Å². The molecule has 0 unspecified atom stereocenters. The standard InChI is InChI=1S/C9H10O3/c1-7-5-8(11-2)3-4-9(7)12-6-10/h3-6H,1-2H3. The number of hydrogen-bond acceptors (Lipinski definition) is 3.